The van der Waals surface area contributed by atoms with Gasteiger partial charge in [-0.25, -0.2) is 0 Å². The van der Waals surface area contributed by atoms with E-state index >= 15 is 0 Å². The van der Waals surface area contributed by atoms with Gasteiger partial charge < -0.3 is 14.9 Å². The number of rotatable bonds is 1. The van der Waals surface area contributed by atoms with Gasteiger partial charge in [-0.05, 0) is 19.8 Å². The molecule has 0 aromatic heterocycles. The lowest BCUT2D eigenvalue weighted by Crippen LogP contribution is -2.24. The summed E-state index contributed by atoms with van der Waals surface area (Å²) in [5, 5.41) is 17.2. The third-order valence-corrected chi connectivity index (χ3v) is 1.60. The second-order valence-electron chi connectivity index (χ2n) is 2.48. The molecule has 2 N–H and O–H groups in total. The first kappa shape index (κ1) is 6.99. The summed E-state index contributed by atoms with van der Waals surface area (Å²) in [6.07, 6.45) is 0.243. The maximum Gasteiger partial charge on any atom is 0.178 e. The molecule has 0 aromatic rings. The lowest BCUT2D eigenvalue weighted by molar-refractivity contribution is -0.137. The highest BCUT2D eigenvalue weighted by Gasteiger charge is 2.26. The fourth-order valence-electron chi connectivity index (χ4n) is 1.05. The molecule has 0 aromatic carbocycles. The van der Waals surface area contributed by atoms with Crippen molar-refractivity contribution in [1.82, 2.24) is 0 Å². The summed E-state index contributed by atoms with van der Waals surface area (Å²) in [7, 11) is 0. The van der Waals surface area contributed by atoms with E-state index in [2.05, 4.69) is 0 Å². The highest BCUT2D eigenvalue weighted by atomic mass is 16.6. The van der Waals surface area contributed by atoms with Gasteiger partial charge in [0.2, 0.25) is 0 Å². The molecule has 1 saturated heterocycles. The summed E-state index contributed by atoms with van der Waals surface area (Å²) in [6, 6.07) is 0. The van der Waals surface area contributed by atoms with Crippen molar-refractivity contribution in [2.24, 2.45) is 0 Å². The minimum atomic E-state index is -1.30. The second-order valence-corrected chi connectivity index (χ2v) is 2.48. The van der Waals surface area contributed by atoms with Crippen LogP contribution in [0.3, 0.4) is 0 Å². The molecule has 0 aliphatic carbocycles. The predicted octanol–water partition coefficient (Wildman–Crippen LogP) is -0.135. The number of aliphatic hydroxyl groups excluding tert-OH is 1. The number of hydrogen-bond donors (Lipinski definition) is 2. The van der Waals surface area contributed by atoms with Crippen molar-refractivity contribution in [2.75, 3.05) is 0 Å². The second kappa shape index (κ2) is 2.64. The zero-order valence-electron chi connectivity index (χ0n) is 5.45. The minimum absolute atomic E-state index is 0.191. The lowest BCUT2D eigenvalue weighted by atomic mass is 10.2. The van der Waals surface area contributed by atoms with Gasteiger partial charge in [0, 0.05) is 0 Å². The van der Waals surface area contributed by atoms with E-state index < -0.39 is 6.29 Å². The fraction of sp³-hybridized carbons (Fsp3) is 1.00. The zero-order chi connectivity index (χ0) is 6.85. The van der Waals surface area contributed by atoms with Crippen LogP contribution >= 0.6 is 0 Å². The summed E-state index contributed by atoms with van der Waals surface area (Å²) in [4.78, 5) is 0. The molecule has 54 valence electrons. The standard InChI is InChI=1S/C6H12O3/c1-4-2-3-5(9-4)6(7)8/h4-8H,2-3H2,1H3. The molecule has 9 heavy (non-hydrogen) atoms. The van der Waals surface area contributed by atoms with Crippen LogP contribution in [0.5, 0.6) is 0 Å². The van der Waals surface area contributed by atoms with Crippen molar-refractivity contribution in [2.45, 2.75) is 38.3 Å². The molecule has 1 aliphatic heterocycles. The molecule has 0 bridgehead atoms. The average molecular weight is 132 g/mol. The van der Waals surface area contributed by atoms with Crippen molar-refractivity contribution in [1.29, 1.82) is 0 Å². The molecule has 2 unspecified atom stereocenters. The molecule has 3 nitrogen and oxygen atoms in total. The van der Waals surface area contributed by atoms with Crippen LogP contribution in [0.1, 0.15) is 19.8 Å². The van der Waals surface area contributed by atoms with Gasteiger partial charge in [-0.1, -0.05) is 0 Å². The molecule has 0 spiro atoms. The Morgan fingerprint density at radius 3 is 2.33 bits per heavy atom. The summed E-state index contributed by atoms with van der Waals surface area (Å²) in [5.41, 5.74) is 0. The molecule has 3 heteroatoms. The Bertz CT molecular complexity index is 92.3. The molecular weight excluding hydrogens is 120 g/mol. The molecule has 0 amide bonds. The Kier molecular flexibility index (Phi) is 2.05. The maximum atomic E-state index is 8.60. The lowest BCUT2D eigenvalue weighted by Gasteiger charge is -2.11. The van der Waals surface area contributed by atoms with Crippen LogP contribution in [0.25, 0.3) is 0 Å². The van der Waals surface area contributed by atoms with Gasteiger partial charge in [0.05, 0.1) is 6.10 Å². The Morgan fingerprint density at radius 2 is 2.11 bits per heavy atom. The van der Waals surface area contributed by atoms with Crippen LogP contribution in [-0.2, 0) is 4.74 Å². The van der Waals surface area contributed by atoms with Crippen LogP contribution in [0.15, 0.2) is 0 Å². The fourth-order valence-corrected chi connectivity index (χ4v) is 1.05. The van der Waals surface area contributed by atoms with E-state index in [1.54, 1.807) is 0 Å². The summed E-state index contributed by atoms with van der Waals surface area (Å²) in [6.45, 7) is 1.93. The number of hydrogen-bond acceptors (Lipinski definition) is 3. The van der Waals surface area contributed by atoms with E-state index in [9.17, 15) is 0 Å². The normalized spacial score (nSPS) is 36.0. The third-order valence-electron chi connectivity index (χ3n) is 1.60. The zero-order valence-corrected chi connectivity index (χ0v) is 5.45. The van der Waals surface area contributed by atoms with Crippen molar-refractivity contribution in [3.05, 3.63) is 0 Å². The van der Waals surface area contributed by atoms with Gasteiger partial charge in [0.25, 0.3) is 0 Å². The monoisotopic (exact) mass is 132 g/mol. The van der Waals surface area contributed by atoms with Gasteiger partial charge in [-0.15, -0.1) is 0 Å². The van der Waals surface area contributed by atoms with E-state index in [0.29, 0.717) is 0 Å². The quantitative estimate of drug-likeness (QED) is 0.488. The van der Waals surface area contributed by atoms with E-state index in [1.807, 2.05) is 6.92 Å². The average Bonchev–Trinajstić information content (AvgIpc) is 2.14. The Morgan fingerprint density at radius 1 is 1.44 bits per heavy atom. The van der Waals surface area contributed by atoms with Crippen LogP contribution in [0.2, 0.25) is 0 Å². The first-order valence-electron chi connectivity index (χ1n) is 3.21. The molecule has 0 saturated carbocycles. The van der Waals surface area contributed by atoms with Crippen LogP contribution in [-0.4, -0.2) is 28.7 Å². The summed E-state index contributed by atoms with van der Waals surface area (Å²) < 4.78 is 5.12. The van der Waals surface area contributed by atoms with E-state index in [1.165, 1.54) is 0 Å². The van der Waals surface area contributed by atoms with Gasteiger partial charge in [0.15, 0.2) is 6.29 Å². The SMILES string of the molecule is CC1CCC(C(O)O)O1. The smallest absolute Gasteiger partial charge is 0.178 e. The Labute approximate surface area is 54.3 Å². The van der Waals surface area contributed by atoms with Crippen molar-refractivity contribution < 1.29 is 14.9 Å². The molecular formula is C6H12O3. The highest BCUT2D eigenvalue weighted by Crippen LogP contribution is 2.20. The molecule has 1 heterocycles. The van der Waals surface area contributed by atoms with Crippen LogP contribution in [0, 0.1) is 0 Å². The van der Waals surface area contributed by atoms with Crippen molar-refractivity contribution >= 4 is 0 Å². The van der Waals surface area contributed by atoms with E-state index in [4.69, 9.17) is 14.9 Å². The Hall–Kier alpha value is -0.120. The molecule has 1 fully saturated rings. The van der Waals surface area contributed by atoms with Gasteiger partial charge >= 0.3 is 0 Å². The Balaban J connectivity index is 2.30. The van der Waals surface area contributed by atoms with Crippen molar-refractivity contribution in [3.63, 3.8) is 0 Å². The molecule has 2 atom stereocenters. The first-order chi connectivity index (χ1) is 4.20. The number of ether oxygens (including phenoxy) is 1. The van der Waals surface area contributed by atoms with E-state index in [-0.39, 0.29) is 12.2 Å². The van der Waals surface area contributed by atoms with E-state index in [0.717, 1.165) is 12.8 Å². The van der Waals surface area contributed by atoms with Crippen molar-refractivity contribution in [3.8, 4) is 0 Å². The summed E-state index contributed by atoms with van der Waals surface area (Å²) >= 11 is 0. The predicted molar refractivity (Wildman–Crippen MR) is 31.8 cm³/mol. The number of aliphatic hydroxyl groups is 2. The maximum absolute atomic E-state index is 8.60. The molecule has 1 rings (SSSR count). The molecule has 0 radical (unpaired) electrons. The first-order valence-corrected chi connectivity index (χ1v) is 3.21. The van der Waals surface area contributed by atoms with Crippen LogP contribution < -0.4 is 0 Å². The van der Waals surface area contributed by atoms with Gasteiger partial charge in [-0.3, -0.25) is 0 Å². The van der Waals surface area contributed by atoms with Gasteiger partial charge in [0.1, 0.15) is 6.10 Å². The highest BCUT2D eigenvalue weighted by molar-refractivity contribution is 4.71. The largest absolute Gasteiger partial charge is 0.370 e. The summed E-state index contributed by atoms with van der Waals surface area (Å²) in [5.74, 6) is 0. The van der Waals surface area contributed by atoms with Crippen LogP contribution in [0.4, 0.5) is 0 Å². The molecule has 1 aliphatic rings. The van der Waals surface area contributed by atoms with Gasteiger partial charge in [-0.2, -0.15) is 0 Å². The third kappa shape index (κ3) is 1.64. The minimum Gasteiger partial charge on any atom is -0.370 e. The topological polar surface area (TPSA) is 49.7 Å².